The molecule has 0 unspecified atom stereocenters. The lowest BCUT2D eigenvalue weighted by molar-refractivity contribution is 0.0845. The summed E-state index contributed by atoms with van der Waals surface area (Å²) in [4.78, 5) is 38.8. The van der Waals surface area contributed by atoms with E-state index in [1.54, 1.807) is 68.4 Å². The zero-order valence-corrected chi connectivity index (χ0v) is 18.1. The maximum Gasteiger partial charge on any atom is 0.290 e. The number of rotatable bonds is 4. The number of amides is 2. The molecule has 0 fully saturated rings. The Balaban J connectivity index is 1.55. The van der Waals surface area contributed by atoms with Crippen molar-refractivity contribution in [2.45, 2.75) is 19.9 Å². The van der Waals surface area contributed by atoms with Gasteiger partial charge in [0.15, 0.2) is 5.69 Å². The second kappa shape index (κ2) is 8.72. The van der Waals surface area contributed by atoms with Crippen LogP contribution in [0.25, 0.3) is 21.2 Å². The molecule has 0 atom stereocenters. The van der Waals surface area contributed by atoms with E-state index in [4.69, 9.17) is 0 Å². The molecular formula is C23H19FN4O3S. The van der Waals surface area contributed by atoms with Crippen molar-refractivity contribution >= 4 is 33.9 Å². The number of carbonyl (C=O) groups excluding carboxylic acids is 2. The van der Waals surface area contributed by atoms with E-state index in [9.17, 15) is 18.8 Å². The normalized spacial score (nSPS) is 11.0. The van der Waals surface area contributed by atoms with E-state index in [1.807, 2.05) is 0 Å². The van der Waals surface area contributed by atoms with Crippen molar-refractivity contribution in [1.82, 2.24) is 20.6 Å². The Morgan fingerprint density at radius 1 is 0.938 bits per heavy atom. The zero-order chi connectivity index (χ0) is 22.8. The molecule has 0 spiro atoms. The summed E-state index contributed by atoms with van der Waals surface area (Å²) in [6.07, 6.45) is 0. The lowest BCUT2D eigenvalue weighted by Crippen LogP contribution is -2.42. The maximum absolute atomic E-state index is 14.0. The van der Waals surface area contributed by atoms with E-state index in [1.165, 1.54) is 10.7 Å². The van der Waals surface area contributed by atoms with Crippen molar-refractivity contribution in [2.75, 3.05) is 0 Å². The molecular weight excluding hydrogens is 431 g/mol. The summed E-state index contributed by atoms with van der Waals surface area (Å²) in [7, 11) is 0. The summed E-state index contributed by atoms with van der Waals surface area (Å²) in [5, 5.41) is 4.96. The van der Waals surface area contributed by atoms with E-state index in [-0.39, 0.29) is 23.1 Å². The van der Waals surface area contributed by atoms with E-state index >= 15 is 0 Å². The summed E-state index contributed by atoms with van der Waals surface area (Å²) >= 11 is 1.10. The molecule has 0 saturated heterocycles. The van der Waals surface area contributed by atoms with Crippen LogP contribution < -0.4 is 16.4 Å². The minimum atomic E-state index is -0.658. The predicted octanol–water partition coefficient (Wildman–Crippen LogP) is 3.92. The topological polar surface area (TPSA) is 93.1 Å². The van der Waals surface area contributed by atoms with Crippen molar-refractivity contribution in [2.24, 2.45) is 0 Å². The number of nitrogens with one attached hydrogen (secondary N) is 2. The number of hydrazine groups is 1. The first kappa shape index (κ1) is 21.4. The molecule has 162 valence electrons. The van der Waals surface area contributed by atoms with Crippen LogP contribution in [0.15, 0.2) is 65.5 Å². The fraction of sp³-hybridized carbons (Fsp3) is 0.130. The standard InChI is InChI=1S/C23H19FN4O3S/c1-13(2)28-23(31)15-8-4-3-7-14(15)20(27-28)22(30)26-25-21(29)19-12-11-18(32-19)16-9-5-6-10-17(16)24/h3-13H,1-2H3,(H,25,29)(H,26,30). The number of hydrogen-bond donors (Lipinski definition) is 2. The van der Waals surface area contributed by atoms with Gasteiger partial charge in [0.05, 0.1) is 16.3 Å². The summed E-state index contributed by atoms with van der Waals surface area (Å²) < 4.78 is 15.2. The van der Waals surface area contributed by atoms with Crippen LogP contribution in [0.4, 0.5) is 4.39 Å². The number of aromatic nitrogens is 2. The van der Waals surface area contributed by atoms with Gasteiger partial charge >= 0.3 is 0 Å². The summed E-state index contributed by atoms with van der Waals surface area (Å²) in [6.45, 7) is 3.58. The molecule has 7 nitrogen and oxygen atoms in total. The number of thiophene rings is 1. The lowest BCUT2D eigenvalue weighted by Gasteiger charge is -2.13. The molecule has 2 aromatic heterocycles. The van der Waals surface area contributed by atoms with E-state index in [2.05, 4.69) is 16.0 Å². The second-order valence-corrected chi connectivity index (χ2v) is 8.37. The number of benzene rings is 2. The minimum absolute atomic E-state index is 0.0208. The highest BCUT2D eigenvalue weighted by Crippen LogP contribution is 2.29. The van der Waals surface area contributed by atoms with E-state index in [0.717, 1.165) is 11.3 Å². The Kier molecular flexibility index (Phi) is 5.83. The highest BCUT2D eigenvalue weighted by molar-refractivity contribution is 7.17. The molecule has 32 heavy (non-hydrogen) atoms. The van der Waals surface area contributed by atoms with Crippen molar-refractivity contribution < 1.29 is 14.0 Å². The molecule has 4 aromatic rings. The van der Waals surface area contributed by atoms with Gasteiger partial charge in [-0.15, -0.1) is 11.3 Å². The smallest absolute Gasteiger partial charge is 0.267 e. The molecule has 2 aromatic carbocycles. The molecule has 0 radical (unpaired) electrons. The molecule has 2 N–H and O–H groups in total. The highest BCUT2D eigenvalue weighted by atomic mass is 32.1. The van der Waals surface area contributed by atoms with Gasteiger partial charge in [-0.1, -0.05) is 36.4 Å². The molecule has 0 saturated carbocycles. The molecule has 0 bridgehead atoms. The summed E-state index contributed by atoms with van der Waals surface area (Å²) in [5.41, 5.74) is 4.83. The van der Waals surface area contributed by atoms with Gasteiger partial charge in [0.2, 0.25) is 0 Å². The molecule has 9 heteroatoms. The third-order valence-corrected chi connectivity index (χ3v) is 5.91. The Hall–Kier alpha value is -3.85. The third-order valence-electron chi connectivity index (χ3n) is 4.79. The highest BCUT2D eigenvalue weighted by Gasteiger charge is 2.19. The lowest BCUT2D eigenvalue weighted by atomic mass is 10.1. The van der Waals surface area contributed by atoms with Gasteiger partial charge in [-0.3, -0.25) is 25.2 Å². The zero-order valence-electron chi connectivity index (χ0n) is 17.3. The van der Waals surface area contributed by atoms with Crippen LogP contribution in [0.2, 0.25) is 0 Å². The Morgan fingerprint density at radius 3 is 2.31 bits per heavy atom. The van der Waals surface area contributed by atoms with E-state index in [0.29, 0.717) is 26.1 Å². The average Bonchev–Trinajstić information content (AvgIpc) is 3.28. The number of fused-ring (bicyclic) bond motifs is 1. The van der Waals surface area contributed by atoms with Crippen LogP contribution in [0.1, 0.15) is 40.0 Å². The van der Waals surface area contributed by atoms with E-state index < -0.39 is 11.8 Å². The van der Waals surface area contributed by atoms with Crippen LogP contribution in [-0.4, -0.2) is 21.6 Å². The molecule has 0 aliphatic carbocycles. The maximum atomic E-state index is 14.0. The number of halogens is 1. The van der Waals surface area contributed by atoms with Crippen LogP contribution >= 0.6 is 11.3 Å². The average molecular weight is 450 g/mol. The second-order valence-electron chi connectivity index (χ2n) is 7.29. The SMILES string of the molecule is CC(C)n1nc(C(=O)NNC(=O)c2ccc(-c3ccccc3F)s2)c2ccccc2c1=O. The molecule has 2 amide bonds. The van der Waals surface area contributed by atoms with Gasteiger partial charge < -0.3 is 0 Å². The predicted molar refractivity (Wildman–Crippen MR) is 121 cm³/mol. The largest absolute Gasteiger partial charge is 0.290 e. The Labute approximate surface area is 186 Å². The molecule has 2 heterocycles. The van der Waals surface area contributed by atoms with Crippen molar-refractivity contribution in [3.63, 3.8) is 0 Å². The van der Waals surface area contributed by atoms with Crippen LogP contribution in [-0.2, 0) is 0 Å². The monoisotopic (exact) mass is 450 g/mol. The Bertz CT molecular complexity index is 1390. The van der Waals surface area contributed by atoms with Gasteiger partial charge in [0.1, 0.15) is 5.82 Å². The third kappa shape index (κ3) is 4.02. The first-order chi connectivity index (χ1) is 15.4. The molecule has 0 aliphatic heterocycles. The molecule has 4 rings (SSSR count). The van der Waals surface area contributed by atoms with Crippen molar-refractivity contribution in [3.05, 3.63) is 87.4 Å². The first-order valence-corrected chi connectivity index (χ1v) is 10.7. The van der Waals surface area contributed by atoms with Gasteiger partial charge in [-0.05, 0) is 38.1 Å². The fourth-order valence-electron chi connectivity index (χ4n) is 3.22. The van der Waals surface area contributed by atoms with Crippen LogP contribution in [0.3, 0.4) is 0 Å². The van der Waals surface area contributed by atoms with Crippen molar-refractivity contribution in [1.29, 1.82) is 0 Å². The minimum Gasteiger partial charge on any atom is -0.267 e. The molecule has 0 aliphatic rings. The fourth-order valence-corrected chi connectivity index (χ4v) is 4.15. The van der Waals surface area contributed by atoms with Crippen LogP contribution in [0.5, 0.6) is 0 Å². The van der Waals surface area contributed by atoms with Gasteiger partial charge in [-0.25, -0.2) is 9.07 Å². The van der Waals surface area contributed by atoms with Crippen molar-refractivity contribution in [3.8, 4) is 10.4 Å². The van der Waals surface area contributed by atoms with Gasteiger partial charge in [0, 0.05) is 15.8 Å². The number of nitrogens with zero attached hydrogens (tertiary/aromatic N) is 2. The summed E-state index contributed by atoms with van der Waals surface area (Å²) in [5.74, 6) is -1.59. The van der Waals surface area contributed by atoms with Gasteiger partial charge in [-0.2, -0.15) is 5.10 Å². The van der Waals surface area contributed by atoms with Gasteiger partial charge in [0.25, 0.3) is 17.4 Å². The number of carbonyl (C=O) groups is 2. The quantitative estimate of drug-likeness (QED) is 0.461. The Morgan fingerprint density at radius 2 is 1.59 bits per heavy atom. The summed E-state index contributed by atoms with van der Waals surface area (Å²) in [6, 6.07) is 15.9. The first-order valence-electron chi connectivity index (χ1n) is 9.84. The number of hydrogen-bond acceptors (Lipinski definition) is 5. The van der Waals surface area contributed by atoms with Crippen LogP contribution in [0, 0.1) is 5.82 Å².